The summed E-state index contributed by atoms with van der Waals surface area (Å²) in [7, 11) is 0. The summed E-state index contributed by atoms with van der Waals surface area (Å²) >= 11 is 7.62. The van der Waals surface area contributed by atoms with Crippen molar-refractivity contribution in [2.24, 2.45) is 0 Å². The smallest absolute Gasteiger partial charge is 0.101 e. The summed E-state index contributed by atoms with van der Waals surface area (Å²) < 4.78 is 0. The average molecular weight is 306 g/mol. The maximum absolute atomic E-state index is 9.07. The van der Waals surface area contributed by atoms with Crippen LogP contribution in [0.1, 0.15) is 37.0 Å². The van der Waals surface area contributed by atoms with Crippen LogP contribution >= 0.6 is 22.9 Å². The van der Waals surface area contributed by atoms with Crippen molar-refractivity contribution in [1.82, 2.24) is 4.98 Å². The number of nitriles is 1. The van der Waals surface area contributed by atoms with Crippen molar-refractivity contribution in [3.8, 4) is 6.07 Å². The third kappa shape index (κ3) is 3.50. The van der Waals surface area contributed by atoms with Crippen LogP contribution in [0, 0.1) is 11.3 Å². The molecule has 1 N–H and O–H groups in total. The zero-order valence-electron chi connectivity index (χ0n) is 11.7. The molecule has 5 heteroatoms. The highest BCUT2D eigenvalue weighted by Crippen LogP contribution is 2.26. The quantitative estimate of drug-likeness (QED) is 0.903. The monoisotopic (exact) mass is 305 g/mol. The second-order valence-electron chi connectivity index (χ2n) is 5.55. The largest absolute Gasteiger partial charge is 0.378 e. The number of hydrogen-bond donors (Lipinski definition) is 1. The molecule has 0 aliphatic carbocycles. The van der Waals surface area contributed by atoms with Crippen LogP contribution in [0.2, 0.25) is 5.02 Å². The molecule has 0 unspecified atom stereocenters. The van der Waals surface area contributed by atoms with Gasteiger partial charge >= 0.3 is 0 Å². The highest BCUT2D eigenvalue weighted by Gasteiger charge is 2.17. The zero-order chi connectivity index (χ0) is 14.8. The van der Waals surface area contributed by atoms with Gasteiger partial charge in [0.05, 0.1) is 28.5 Å². The molecule has 0 amide bonds. The highest BCUT2D eigenvalue weighted by molar-refractivity contribution is 7.09. The van der Waals surface area contributed by atoms with Crippen molar-refractivity contribution in [3.63, 3.8) is 0 Å². The van der Waals surface area contributed by atoms with Crippen LogP contribution in [0.3, 0.4) is 0 Å². The van der Waals surface area contributed by atoms with E-state index in [1.54, 1.807) is 29.5 Å². The van der Waals surface area contributed by atoms with E-state index in [1.165, 1.54) is 0 Å². The molecule has 1 heterocycles. The molecule has 104 valence electrons. The van der Waals surface area contributed by atoms with Gasteiger partial charge in [0.1, 0.15) is 6.07 Å². The first kappa shape index (κ1) is 14.8. The first-order valence-corrected chi connectivity index (χ1v) is 7.54. The third-order valence-corrected chi connectivity index (χ3v) is 4.31. The molecule has 0 fully saturated rings. The van der Waals surface area contributed by atoms with Crippen molar-refractivity contribution in [3.05, 3.63) is 44.9 Å². The fraction of sp³-hybridized carbons (Fsp3) is 0.333. The molecule has 0 saturated heterocycles. The van der Waals surface area contributed by atoms with Crippen LogP contribution < -0.4 is 5.32 Å². The lowest BCUT2D eigenvalue weighted by atomic mass is 9.98. The van der Waals surface area contributed by atoms with Crippen LogP contribution in [0.15, 0.2) is 23.6 Å². The first-order valence-electron chi connectivity index (χ1n) is 6.28. The van der Waals surface area contributed by atoms with Crippen LogP contribution in [0.5, 0.6) is 0 Å². The number of aromatic nitrogens is 1. The Hall–Kier alpha value is -1.57. The van der Waals surface area contributed by atoms with Gasteiger partial charge in [-0.15, -0.1) is 11.3 Å². The van der Waals surface area contributed by atoms with Crippen LogP contribution in [0.25, 0.3) is 0 Å². The van der Waals surface area contributed by atoms with Crippen molar-refractivity contribution in [1.29, 1.82) is 5.26 Å². The van der Waals surface area contributed by atoms with Crippen LogP contribution in [0.4, 0.5) is 5.69 Å². The van der Waals surface area contributed by atoms with Gasteiger partial charge < -0.3 is 5.32 Å². The molecule has 0 radical (unpaired) electrons. The molecule has 20 heavy (non-hydrogen) atoms. The molecule has 1 aromatic carbocycles. The lowest BCUT2D eigenvalue weighted by molar-refractivity contribution is 0.583. The number of thiazole rings is 1. The molecule has 0 saturated carbocycles. The summed E-state index contributed by atoms with van der Waals surface area (Å²) in [6.07, 6.45) is 0. The number of hydrogen-bond acceptors (Lipinski definition) is 4. The maximum Gasteiger partial charge on any atom is 0.101 e. The van der Waals surface area contributed by atoms with Gasteiger partial charge in [0.15, 0.2) is 0 Å². The minimum absolute atomic E-state index is 0.0663. The van der Waals surface area contributed by atoms with Gasteiger partial charge in [0.2, 0.25) is 0 Å². The van der Waals surface area contributed by atoms with Gasteiger partial charge in [-0.1, -0.05) is 32.4 Å². The number of rotatable bonds is 3. The summed E-state index contributed by atoms with van der Waals surface area (Å²) in [6, 6.07) is 7.34. The Morgan fingerprint density at radius 2 is 2.15 bits per heavy atom. The fourth-order valence-corrected chi connectivity index (χ4v) is 2.76. The molecule has 0 spiro atoms. The van der Waals surface area contributed by atoms with Gasteiger partial charge in [0, 0.05) is 15.8 Å². The molecule has 2 aromatic rings. The Morgan fingerprint density at radius 1 is 1.40 bits per heavy atom. The van der Waals surface area contributed by atoms with Crippen molar-refractivity contribution < 1.29 is 0 Å². The molecular weight excluding hydrogens is 290 g/mol. The van der Waals surface area contributed by atoms with Crippen molar-refractivity contribution in [2.75, 3.05) is 5.32 Å². The predicted octanol–water partition coefficient (Wildman–Crippen LogP) is 4.58. The van der Waals surface area contributed by atoms with E-state index in [9.17, 15) is 0 Å². The number of benzene rings is 1. The summed E-state index contributed by atoms with van der Waals surface area (Å²) in [5, 5.41) is 16.1. The van der Waals surface area contributed by atoms with E-state index in [-0.39, 0.29) is 5.41 Å². The van der Waals surface area contributed by atoms with Gasteiger partial charge in [-0.25, -0.2) is 4.98 Å². The lowest BCUT2D eigenvalue weighted by Gasteiger charge is -2.13. The number of anilines is 1. The topological polar surface area (TPSA) is 48.7 Å². The van der Waals surface area contributed by atoms with Crippen LogP contribution in [-0.2, 0) is 12.0 Å². The Kier molecular flexibility index (Phi) is 4.32. The summed E-state index contributed by atoms with van der Waals surface area (Å²) in [5.74, 6) is 0. The summed E-state index contributed by atoms with van der Waals surface area (Å²) in [6.45, 7) is 7.02. The van der Waals surface area contributed by atoms with Crippen molar-refractivity contribution in [2.45, 2.75) is 32.7 Å². The normalized spacial score (nSPS) is 11.2. The molecule has 0 bridgehead atoms. The first-order chi connectivity index (χ1) is 9.40. The Labute approximate surface area is 128 Å². The predicted molar refractivity (Wildman–Crippen MR) is 84.3 cm³/mol. The minimum Gasteiger partial charge on any atom is -0.378 e. The standard InChI is InChI=1S/C15H16ClN3S/c1-15(2,3)14-19-12(9-20-14)8-18-13-6-11(16)5-4-10(13)7-17/h4-6,9,18H,8H2,1-3H3. The van der Waals surface area contributed by atoms with E-state index in [2.05, 4.69) is 37.1 Å². The zero-order valence-corrected chi connectivity index (χ0v) is 13.3. The van der Waals surface area contributed by atoms with E-state index in [4.69, 9.17) is 16.9 Å². The molecule has 0 aliphatic heterocycles. The van der Waals surface area contributed by atoms with Gasteiger partial charge in [0.25, 0.3) is 0 Å². The van der Waals surface area contributed by atoms with E-state index < -0.39 is 0 Å². The Balaban J connectivity index is 2.12. The van der Waals surface area contributed by atoms with Gasteiger partial charge in [-0.3, -0.25) is 0 Å². The Morgan fingerprint density at radius 3 is 2.75 bits per heavy atom. The fourth-order valence-electron chi connectivity index (χ4n) is 1.68. The second kappa shape index (κ2) is 5.82. The molecule has 0 atom stereocenters. The maximum atomic E-state index is 9.07. The third-order valence-electron chi connectivity index (χ3n) is 2.76. The molecule has 3 nitrogen and oxygen atoms in total. The Bertz CT molecular complexity index is 650. The van der Waals surface area contributed by atoms with E-state index in [1.807, 2.05) is 5.38 Å². The molecular formula is C15H16ClN3S. The molecule has 0 aliphatic rings. The highest BCUT2D eigenvalue weighted by atomic mass is 35.5. The lowest BCUT2D eigenvalue weighted by Crippen LogP contribution is -2.11. The SMILES string of the molecule is CC(C)(C)c1nc(CNc2cc(Cl)ccc2C#N)cs1. The van der Waals surface area contributed by atoms with E-state index in [0.29, 0.717) is 17.1 Å². The number of nitrogens with one attached hydrogen (secondary N) is 1. The average Bonchev–Trinajstić information content (AvgIpc) is 2.85. The van der Waals surface area contributed by atoms with Gasteiger partial charge in [-0.05, 0) is 18.2 Å². The second-order valence-corrected chi connectivity index (χ2v) is 6.84. The molecule has 1 aromatic heterocycles. The molecule has 2 rings (SSSR count). The minimum atomic E-state index is 0.0663. The van der Waals surface area contributed by atoms with Gasteiger partial charge in [-0.2, -0.15) is 5.26 Å². The summed E-state index contributed by atoms with van der Waals surface area (Å²) in [5.41, 5.74) is 2.37. The van der Waals surface area contributed by atoms with E-state index >= 15 is 0 Å². The van der Waals surface area contributed by atoms with Crippen molar-refractivity contribution >= 4 is 28.6 Å². The summed E-state index contributed by atoms with van der Waals surface area (Å²) in [4.78, 5) is 4.61. The van der Waals surface area contributed by atoms with Crippen LogP contribution in [-0.4, -0.2) is 4.98 Å². The van der Waals surface area contributed by atoms with E-state index in [0.717, 1.165) is 16.4 Å². The number of halogens is 1. The number of nitrogens with zero attached hydrogens (tertiary/aromatic N) is 2.